The van der Waals surface area contributed by atoms with Gasteiger partial charge < -0.3 is 31.7 Å². The van der Waals surface area contributed by atoms with Crippen LogP contribution in [0.4, 0.5) is 0 Å². The molecule has 0 radical (unpaired) electrons. The zero-order chi connectivity index (χ0) is 29.2. The third-order valence-electron chi connectivity index (χ3n) is 6.43. The Bertz CT molecular complexity index is 1390. The molecule has 11 heteroatoms. The van der Waals surface area contributed by atoms with Gasteiger partial charge in [-0.3, -0.25) is 24.0 Å². The molecule has 2 bridgehead atoms. The number of nitrogens with one attached hydrogen (secondary N) is 4. The summed E-state index contributed by atoms with van der Waals surface area (Å²) in [5, 5.41) is 10.1. The number of fused-ring (bicyclic) bond motifs is 16. The highest BCUT2D eigenvalue weighted by Crippen LogP contribution is 2.20. The Morgan fingerprint density at radius 1 is 0.756 bits per heavy atom. The van der Waals surface area contributed by atoms with E-state index in [1.165, 1.54) is 0 Å². The average Bonchev–Trinajstić information content (AvgIpc) is 2.98. The van der Waals surface area contributed by atoms with Gasteiger partial charge in [0.1, 0.15) is 17.8 Å². The fourth-order valence-corrected chi connectivity index (χ4v) is 4.25. The minimum absolute atomic E-state index is 0.118. The molecule has 0 unspecified atom stereocenters. The summed E-state index contributed by atoms with van der Waals surface area (Å²) in [7, 11) is 0. The number of primary amides is 1. The van der Waals surface area contributed by atoms with Gasteiger partial charge in [0.2, 0.25) is 23.6 Å². The molecule has 0 saturated heterocycles. The molecule has 11 nitrogen and oxygen atoms in total. The molecular formula is C30H31N5O6. The third-order valence-corrected chi connectivity index (χ3v) is 6.43. The first-order chi connectivity index (χ1) is 19.8. The Balaban J connectivity index is 1.49. The van der Waals surface area contributed by atoms with Crippen LogP contribution in [0, 0.1) is 0 Å². The standard InChI is InChI=1S/C30H31N5O6/c31-29(39)24-14-20-8-12-23(13-9-20)41-18-28(38)32-16-26(36)35-25(30(40)33-17-27(37)34-24)15-19-6-10-22(11-7-19)21-4-2-1-3-5-21/h1-13,24-25H,14-18H2,(H2,31,39)(H,32,38)(H,33,40)(H,34,37)(H,35,36)/t24-,25+/m0/s1. The van der Waals surface area contributed by atoms with E-state index in [0.29, 0.717) is 11.3 Å². The SMILES string of the molecule is NC(=O)[C@@H]1Cc2ccc(cc2)OCC(=O)NCC(=O)N[C@H](Cc2ccc(-c3ccccc3)cc2)C(=O)NCC(=O)N1. The van der Waals surface area contributed by atoms with Crippen LogP contribution in [0.5, 0.6) is 5.75 Å². The molecule has 0 spiro atoms. The summed E-state index contributed by atoms with van der Waals surface area (Å²) in [6, 6.07) is 21.8. The molecule has 3 aromatic rings. The molecule has 0 aromatic heterocycles. The van der Waals surface area contributed by atoms with Gasteiger partial charge in [-0.25, -0.2) is 0 Å². The van der Waals surface area contributed by atoms with E-state index in [2.05, 4.69) is 21.3 Å². The first-order valence-corrected chi connectivity index (χ1v) is 13.1. The molecule has 2 aliphatic rings. The van der Waals surface area contributed by atoms with E-state index in [-0.39, 0.29) is 26.0 Å². The van der Waals surface area contributed by atoms with Crippen LogP contribution in [0.1, 0.15) is 11.1 Å². The maximum Gasteiger partial charge on any atom is 0.258 e. The highest BCUT2D eigenvalue weighted by atomic mass is 16.5. The van der Waals surface area contributed by atoms with Crippen LogP contribution in [-0.4, -0.2) is 61.3 Å². The lowest BCUT2D eigenvalue weighted by atomic mass is 10.00. The van der Waals surface area contributed by atoms with Crippen molar-refractivity contribution in [3.63, 3.8) is 0 Å². The van der Waals surface area contributed by atoms with Gasteiger partial charge in [-0.15, -0.1) is 0 Å². The molecule has 6 N–H and O–H groups in total. The molecule has 0 fully saturated rings. The molecule has 5 rings (SSSR count). The first kappa shape index (κ1) is 28.8. The molecule has 2 aliphatic heterocycles. The highest BCUT2D eigenvalue weighted by molar-refractivity contribution is 5.93. The van der Waals surface area contributed by atoms with Gasteiger partial charge in [0.05, 0.1) is 13.1 Å². The maximum absolute atomic E-state index is 13.1. The van der Waals surface area contributed by atoms with Crippen molar-refractivity contribution in [2.45, 2.75) is 24.9 Å². The predicted molar refractivity (Wildman–Crippen MR) is 150 cm³/mol. The van der Waals surface area contributed by atoms with Crippen molar-refractivity contribution in [1.82, 2.24) is 21.3 Å². The van der Waals surface area contributed by atoms with Crippen molar-refractivity contribution in [3.8, 4) is 16.9 Å². The third kappa shape index (κ3) is 8.65. The minimum Gasteiger partial charge on any atom is -0.484 e. The number of hydrogen-bond donors (Lipinski definition) is 5. The number of amides is 5. The Morgan fingerprint density at radius 3 is 2.07 bits per heavy atom. The molecule has 2 heterocycles. The molecule has 3 aromatic carbocycles. The van der Waals surface area contributed by atoms with Gasteiger partial charge in [0.15, 0.2) is 6.61 Å². The van der Waals surface area contributed by atoms with Crippen molar-refractivity contribution in [2.24, 2.45) is 5.73 Å². The highest BCUT2D eigenvalue weighted by Gasteiger charge is 2.24. The van der Waals surface area contributed by atoms with Crippen LogP contribution in [0.15, 0.2) is 78.9 Å². The van der Waals surface area contributed by atoms with E-state index in [9.17, 15) is 24.0 Å². The largest absolute Gasteiger partial charge is 0.484 e. The number of ether oxygens (including phenoxy) is 1. The summed E-state index contributed by atoms with van der Waals surface area (Å²) in [6.45, 7) is -1.14. The molecular weight excluding hydrogens is 526 g/mol. The lowest BCUT2D eigenvalue weighted by Gasteiger charge is -2.20. The summed E-state index contributed by atoms with van der Waals surface area (Å²) in [5.41, 5.74) is 8.97. The fourth-order valence-electron chi connectivity index (χ4n) is 4.25. The Morgan fingerprint density at radius 2 is 1.39 bits per heavy atom. The summed E-state index contributed by atoms with van der Waals surface area (Å²) in [5.74, 6) is -2.69. The van der Waals surface area contributed by atoms with Crippen LogP contribution in [-0.2, 0) is 36.8 Å². The van der Waals surface area contributed by atoms with Crippen molar-refractivity contribution in [2.75, 3.05) is 19.7 Å². The zero-order valence-electron chi connectivity index (χ0n) is 22.2. The number of nitrogens with two attached hydrogens (primary N) is 1. The molecule has 2 atom stereocenters. The van der Waals surface area contributed by atoms with Crippen molar-refractivity contribution in [3.05, 3.63) is 90.0 Å². The number of carbonyl (C=O) groups excluding carboxylic acids is 5. The van der Waals surface area contributed by atoms with Crippen LogP contribution < -0.4 is 31.7 Å². The van der Waals surface area contributed by atoms with Gasteiger partial charge >= 0.3 is 0 Å². The number of benzene rings is 3. The summed E-state index contributed by atoms with van der Waals surface area (Å²) < 4.78 is 5.45. The quantitative estimate of drug-likeness (QED) is 0.288. The second-order valence-corrected chi connectivity index (χ2v) is 9.54. The topological polar surface area (TPSA) is 169 Å². The molecule has 0 aliphatic carbocycles. The van der Waals surface area contributed by atoms with E-state index in [4.69, 9.17) is 10.5 Å². The van der Waals surface area contributed by atoms with E-state index < -0.39 is 48.2 Å². The first-order valence-electron chi connectivity index (χ1n) is 13.1. The molecule has 5 amide bonds. The number of rotatable bonds is 4. The van der Waals surface area contributed by atoms with E-state index >= 15 is 0 Å². The molecule has 0 saturated carbocycles. The second kappa shape index (κ2) is 13.7. The van der Waals surface area contributed by atoms with Crippen LogP contribution in [0.3, 0.4) is 0 Å². The summed E-state index contributed by atoms with van der Waals surface area (Å²) in [4.78, 5) is 62.5. The van der Waals surface area contributed by atoms with Gasteiger partial charge in [0, 0.05) is 12.8 Å². The van der Waals surface area contributed by atoms with Crippen molar-refractivity contribution < 1.29 is 28.7 Å². The molecule has 212 valence electrons. The smallest absolute Gasteiger partial charge is 0.258 e. The number of hydrogen-bond acceptors (Lipinski definition) is 6. The van der Waals surface area contributed by atoms with Gasteiger partial charge in [-0.2, -0.15) is 0 Å². The van der Waals surface area contributed by atoms with Gasteiger partial charge in [-0.05, 0) is 34.4 Å². The average molecular weight is 558 g/mol. The maximum atomic E-state index is 13.1. The Labute approximate surface area is 236 Å². The second-order valence-electron chi connectivity index (χ2n) is 9.54. The molecule has 41 heavy (non-hydrogen) atoms. The Hall–Kier alpha value is -5.19. The lowest BCUT2D eigenvalue weighted by Crippen LogP contribution is -2.53. The number of carbonyl (C=O) groups is 5. The lowest BCUT2D eigenvalue weighted by molar-refractivity contribution is -0.131. The fraction of sp³-hybridized carbons (Fsp3) is 0.233. The van der Waals surface area contributed by atoms with Crippen LogP contribution >= 0.6 is 0 Å². The Kier molecular flexibility index (Phi) is 9.66. The minimum atomic E-state index is -1.05. The summed E-state index contributed by atoms with van der Waals surface area (Å²) >= 11 is 0. The van der Waals surface area contributed by atoms with E-state index in [1.807, 2.05) is 54.6 Å². The summed E-state index contributed by atoms with van der Waals surface area (Å²) in [6.07, 6.45) is 0.247. The zero-order valence-corrected chi connectivity index (χ0v) is 22.2. The van der Waals surface area contributed by atoms with Crippen molar-refractivity contribution >= 4 is 29.5 Å². The van der Waals surface area contributed by atoms with Crippen LogP contribution in [0.2, 0.25) is 0 Å². The van der Waals surface area contributed by atoms with Gasteiger partial charge in [-0.1, -0.05) is 66.7 Å². The predicted octanol–water partition coefficient (Wildman–Crippen LogP) is 0.219. The van der Waals surface area contributed by atoms with E-state index in [1.54, 1.807) is 24.3 Å². The monoisotopic (exact) mass is 557 g/mol. The van der Waals surface area contributed by atoms with Gasteiger partial charge in [0.25, 0.3) is 5.91 Å². The van der Waals surface area contributed by atoms with E-state index in [0.717, 1.165) is 16.7 Å². The normalized spacial score (nSPS) is 18.8. The van der Waals surface area contributed by atoms with Crippen molar-refractivity contribution in [1.29, 1.82) is 0 Å². The van der Waals surface area contributed by atoms with Crippen LogP contribution in [0.25, 0.3) is 11.1 Å².